The second-order valence-corrected chi connectivity index (χ2v) is 2.15. The van der Waals surface area contributed by atoms with Gasteiger partial charge in [-0.15, -0.1) is 0 Å². The molecule has 1 rings (SSSR count). The Balaban J connectivity index is 2.39. The van der Waals surface area contributed by atoms with Gasteiger partial charge < -0.3 is 10.4 Å². The largest absolute Gasteiger partial charge is 0.392 e. The SMILES string of the molecule is O=C(F)[C@@H]1C[C@@H](O)CN1. The molecule has 0 saturated carbocycles. The number of rotatable bonds is 1. The van der Waals surface area contributed by atoms with Crippen LogP contribution in [0.3, 0.4) is 0 Å². The highest BCUT2D eigenvalue weighted by atomic mass is 19.1. The van der Waals surface area contributed by atoms with Crippen LogP contribution in [0.25, 0.3) is 0 Å². The van der Waals surface area contributed by atoms with Crippen LogP contribution in [0.2, 0.25) is 0 Å². The van der Waals surface area contributed by atoms with E-state index < -0.39 is 18.2 Å². The highest BCUT2D eigenvalue weighted by Gasteiger charge is 2.27. The van der Waals surface area contributed by atoms with Crippen LogP contribution in [0.1, 0.15) is 6.42 Å². The Bertz CT molecular complexity index is 128. The van der Waals surface area contributed by atoms with Crippen molar-refractivity contribution >= 4 is 6.04 Å². The van der Waals surface area contributed by atoms with Gasteiger partial charge in [0.1, 0.15) is 6.04 Å². The van der Waals surface area contributed by atoms with Crippen LogP contribution < -0.4 is 5.32 Å². The van der Waals surface area contributed by atoms with Gasteiger partial charge >= 0.3 is 6.04 Å². The lowest BCUT2D eigenvalue weighted by Crippen LogP contribution is -2.27. The molecule has 52 valence electrons. The minimum Gasteiger partial charge on any atom is -0.392 e. The third kappa shape index (κ3) is 1.46. The van der Waals surface area contributed by atoms with Gasteiger partial charge in [0.25, 0.3) is 0 Å². The number of carbonyl (C=O) groups is 1. The maximum atomic E-state index is 11.8. The van der Waals surface area contributed by atoms with Crippen LogP contribution >= 0.6 is 0 Å². The molecular formula is C5H8FNO2. The van der Waals surface area contributed by atoms with Gasteiger partial charge in [-0.3, -0.25) is 4.79 Å². The van der Waals surface area contributed by atoms with Gasteiger partial charge in [-0.1, -0.05) is 0 Å². The average Bonchev–Trinajstić information content (AvgIpc) is 2.14. The molecule has 0 aliphatic carbocycles. The fourth-order valence-electron chi connectivity index (χ4n) is 0.890. The summed E-state index contributed by atoms with van der Waals surface area (Å²) in [5, 5.41) is 11.3. The number of halogens is 1. The molecule has 0 amide bonds. The van der Waals surface area contributed by atoms with E-state index >= 15 is 0 Å². The summed E-state index contributed by atoms with van der Waals surface area (Å²) in [4.78, 5) is 9.95. The van der Waals surface area contributed by atoms with Crippen molar-refractivity contribution in [3.05, 3.63) is 0 Å². The van der Waals surface area contributed by atoms with Crippen LogP contribution in [0.4, 0.5) is 4.39 Å². The first kappa shape index (κ1) is 6.64. The summed E-state index contributed by atoms with van der Waals surface area (Å²) in [5.74, 6) is 0. The molecule has 0 unspecified atom stereocenters. The summed E-state index contributed by atoms with van der Waals surface area (Å²) in [5.41, 5.74) is 0. The van der Waals surface area contributed by atoms with Gasteiger partial charge in [0, 0.05) is 6.54 Å². The van der Waals surface area contributed by atoms with Gasteiger partial charge in [0.2, 0.25) is 0 Å². The van der Waals surface area contributed by atoms with Crippen molar-refractivity contribution in [1.82, 2.24) is 5.32 Å². The minimum atomic E-state index is -1.38. The summed E-state index contributed by atoms with van der Waals surface area (Å²) in [6, 6.07) is -2.15. The molecule has 1 aliphatic rings. The fourth-order valence-corrected chi connectivity index (χ4v) is 0.890. The Morgan fingerprint density at radius 2 is 2.44 bits per heavy atom. The topological polar surface area (TPSA) is 49.3 Å². The van der Waals surface area contributed by atoms with Crippen LogP contribution in [-0.4, -0.2) is 29.8 Å². The summed E-state index contributed by atoms with van der Waals surface area (Å²) in [6.45, 7) is 0.320. The lowest BCUT2D eigenvalue weighted by molar-refractivity contribution is -0.131. The quantitative estimate of drug-likeness (QED) is 0.461. The predicted molar refractivity (Wildman–Crippen MR) is 28.5 cm³/mol. The number of aliphatic hydroxyl groups excluding tert-OH is 1. The minimum absolute atomic E-state index is 0.204. The Labute approximate surface area is 51.9 Å². The molecule has 0 aromatic carbocycles. The monoisotopic (exact) mass is 133 g/mol. The standard InChI is InChI=1S/C5H8FNO2/c6-5(9)4-1-3(8)2-7-4/h3-4,7-8H,1-2H2/t3-,4+/m1/s1. The second kappa shape index (κ2) is 2.41. The normalized spacial score (nSPS) is 34.9. The van der Waals surface area contributed by atoms with Crippen molar-refractivity contribution in [3.63, 3.8) is 0 Å². The molecule has 0 radical (unpaired) electrons. The maximum absolute atomic E-state index is 11.8. The van der Waals surface area contributed by atoms with Crippen molar-refractivity contribution in [2.75, 3.05) is 6.54 Å². The first-order valence-corrected chi connectivity index (χ1v) is 2.81. The third-order valence-corrected chi connectivity index (χ3v) is 1.38. The molecule has 9 heavy (non-hydrogen) atoms. The highest BCUT2D eigenvalue weighted by molar-refractivity contribution is 5.74. The number of nitrogens with one attached hydrogen (secondary N) is 1. The lowest BCUT2D eigenvalue weighted by Gasteiger charge is -1.98. The number of carbonyl (C=O) groups excluding carboxylic acids is 1. The molecule has 2 atom stereocenters. The number of aliphatic hydroxyl groups is 1. The van der Waals surface area contributed by atoms with Crippen LogP contribution in [0.15, 0.2) is 0 Å². The molecule has 3 nitrogen and oxygen atoms in total. The first-order chi connectivity index (χ1) is 4.20. The molecule has 0 aromatic heterocycles. The van der Waals surface area contributed by atoms with Gasteiger partial charge in [0.15, 0.2) is 0 Å². The molecule has 0 bridgehead atoms. The molecule has 0 aromatic rings. The molecule has 4 heteroatoms. The smallest absolute Gasteiger partial charge is 0.318 e. The highest BCUT2D eigenvalue weighted by Crippen LogP contribution is 2.06. The fraction of sp³-hybridized carbons (Fsp3) is 0.800. The maximum Gasteiger partial charge on any atom is 0.318 e. The molecule has 0 spiro atoms. The summed E-state index contributed by atoms with van der Waals surface area (Å²) < 4.78 is 11.8. The van der Waals surface area contributed by atoms with Crippen molar-refractivity contribution in [2.45, 2.75) is 18.6 Å². The molecule has 1 fully saturated rings. The van der Waals surface area contributed by atoms with E-state index in [4.69, 9.17) is 5.11 Å². The summed E-state index contributed by atoms with van der Waals surface area (Å²) in [6.07, 6.45) is -0.357. The summed E-state index contributed by atoms with van der Waals surface area (Å²) in [7, 11) is 0. The van der Waals surface area contributed by atoms with Gasteiger partial charge in [0.05, 0.1) is 6.10 Å². The zero-order valence-corrected chi connectivity index (χ0v) is 4.80. The lowest BCUT2D eigenvalue weighted by atomic mass is 10.2. The van der Waals surface area contributed by atoms with Gasteiger partial charge in [-0.05, 0) is 6.42 Å². The molecule has 1 aliphatic heterocycles. The van der Waals surface area contributed by atoms with Crippen LogP contribution in [0, 0.1) is 0 Å². The Morgan fingerprint density at radius 1 is 1.78 bits per heavy atom. The van der Waals surface area contributed by atoms with E-state index in [0.717, 1.165) is 0 Å². The molecule has 1 saturated heterocycles. The Morgan fingerprint density at radius 3 is 2.67 bits per heavy atom. The zero-order valence-electron chi connectivity index (χ0n) is 4.80. The van der Waals surface area contributed by atoms with E-state index in [0.29, 0.717) is 6.54 Å². The van der Waals surface area contributed by atoms with E-state index in [9.17, 15) is 9.18 Å². The van der Waals surface area contributed by atoms with E-state index in [1.54, 1.807) is 0 Å². The average molecular weight is 133 g/mol. The second-order valence-electron chi connectivity index (χ2n) is 2.15. The van der Waals surface area contributed by atoms with Crippen molar-refractivity contribution in [1.29, 1.82) is 0 Å². The summed E-state index contributed by atoms with van der Waals surface area (Å²) >= 11 is 0. The van der Waals surface area contributed by atoms with E-state index in [-0.39, 0.29) is 6.42 Å². The van der Waals surface area contributed by atoms with Crippen molar-refractivity contribution < 1.29 is 14.3 Å². The number of β-amino-alcohol motifs (C(OH)–C–C–N with tert-alkyl or cyclic N) is 1. The number of hydrogen-bond acceptors (Lipinski definition) is 3. The first-order valence-electron chi connectivity index (χ1n) is 2.81. The van der Waals surface area contributed by atoms with E-state index in [1.807, 2.05) is 0 Å². The molecular weight excluding hydrogens is 125 g/mol. The molecule has 1 heterocycles. The van der Waals surface area contributed by atoms with E-state index in [1.165, 1.54) is 0 Å². The van der Waals surface area contributed by atoms with Gasteiger partial charge in [-0.2, -0.15) is 4.39 Å². The van der Waals surface area contributed by atoms with Crippen molar-refractivity contribution in [3.8, 4) is 0 Å². The Kier molecular flexibility index (Phi) is 1.78. The molecule has 2 N–H and O–H groups in total. The predicted octanol–water partition coefficient (Wildman–Crippen LogP) is -0.795. The van der Waals surface area contributed by atoms with Gasteiger partial charge in [-0.25, -0.2) is 0 Å². The number of hydrogen-bond donors (Lipinski definition) is 2. The third-order valence-electron chi connectivity index (χ3n) is 1.38. The Hall–Kier alpha value is -0.480. The van der Waals surface area contributed by atoms with Crippen LogP contribution in [0.5, 0.6) is 0 Å². The van der Waals surface area contributed by atoms with Crippen LogP contribution in [-0.2, 0) is 4.79 Å². The zero-order chi connectivity index (χ0) is 6.85. The van der Waals surface area contributed by atoms with E-state index in [2.05, 4.69) is 5.32 Å². The van der Waals surface area contributed by atoms with Crippen molar-refractivity contribution in [2.24, 2.45) is 0 Å².